The summed E-state index contributed by atoms with van der Waals surface area (Å²) < 4.78 is 0. The van der Waals surface area contributed by atoms with Gasteiger partial charge in [0.1, 0.15) is 0 Å². The Morgan fingerprint density at radius 1 is 1.56 bits per heavy atom. The molecule has 0 atom stereocenters. The number of aryl methyl sites for hydroxylation is 1. The predicted molar refractivity (Wildman–Crippen MR) is 63.4 cm³/mol. The van der Waals surface area contributed by atoms with E-state index in [0.29, 0.717) is 23.6 Å². The Labute approximate surface area is 100 Å². The summed E-state index contributed by atoms with van der Waals surface area (Å²) in [5, 5.41) is 9.07. The van der Waals surface area contributed by atoms with Gasteiger partial charge in [-0.15, -0.1) is 0 Å². The molecule has 0 N–H and O–H groups in total. The molecular weight excluding hydrogens is 224 g/mol. The van der Waals surface area contributed by atoms with E-state index < -0.39 is 0 Å². The van der Waals surface area contributed by atoms with Gasteiger partial charge in [-0.1, -0.05) is 11.6 Å². The SMILES string of the molecule is Cc1cc(Cl)ccc1C(=O)N(C)CCC#N. The molecule has 0 saturated carbocycles. The minimum Gasteiger partial charge on any atom is -0.341 e. The van der Waals surface area contributed by atoms with Crippen molar-refractivity contribution in [2.24, 2.45) is 0 Å². The molecule has 1 rings (SSSR count). The highest BCUT2D eigenvalue weighted by Crippen LogP contribution is 2.16. The first kappa shape index (κ1) is 12.5. The zero-order valence-electron chi connectivity index (χ0n) is 9.33. The molecule has 16 heavy (non-hydrogen) atoms. The largest absolute Gasteiger partial charge is 0.341 e. The van der Waals surface area contributed by atoms with Crippen molar-refractivity contribution in [1.29, 1.82) is 5.26 Å². The van der Waals surface area contributed by atoms with E-state index in [1.165, 1.54) is 0 Å². The summed E-state index contributed by atoms with van der Waals surface area (Å²) in [5.74, 6) is -0.0792. The Morgan fingerprint density at radius 2 is 2.25 bits per heavy atom. The Hall–Kier alpha value is -1.53. The second kappa shape index (κ2) is 5.53. The number of hydrogen-bond donors (Lipinski definition) is 0. The Kier molecular flexibility index (Phi) is 4.33. The number of hydrogen-bond acceptors (Lipinski definition) is 2. The lowest BCUT2D eigenvalue weighted by Gasteiger charge is -2.16. The minimum absolute atomic E-state index is 0.0792. The Bertz CT molecular complexity index is 437. The molecule has 0 saturated heterocycles. The van der Waals surface area contributed by atoms with Crippen molar-refractivity contribution in [3.8, 4) is 6.07 Å². The van der Waals surface area contributed by atoms with Crippen LogP contribution in [0.2, 0.25) is 5.02 Å². The number of halogens is 1. The summed E-state index contributed by atoms with van der Waals surface area (Å²) in [6.45, 7) is 2.29. The van der Waals surface area contributed by atoms with Crippen molar-refractivity contribution in [3.05, 3.63) is 34.3 Å². The minimum atomic E-state index is -0.0792. The van der Waals surface area contributed by atoms with Crippen LogP contribution < -0.4 is 0 Å². The first-order valence-corrected chi connectivity index (χ1v) is 5.32. The van der Waals surface area contributed by atoms with Gasteiger partial charge in [0.05, 0.1) is 12.5 Å². The zero-order valence-corrected chi connectivity index (χ0v) is 10.1. The molecule has 84 valence electrons. The molecule has 0 fully saturated rings. The van der Waals surface area contributed by atoms with Gasteiger partial charge in [0, 0.05) is 24.2 Å². The lowest BCUT2D eigenvalue weighted by atomic mass is 10.1. The first-order chi connectivity index (χ1) is 7.56. The number of rotatable bonds is 3. The number of amides is 1. The van der Waals surface area contributed by atoms with E-state index in [4.69, 9.17) is 16.9 Å². The molecule has 0 bridgehead atoms. The van der Waals surface area contributed by atoms with Crippen LogP contribution in [0.25, 0.3) is 0 Å². The molecule has 0 heterocycles. The topological polar surface area (TPSA) is 44.1 Å². The highest BCUT2D eigenvalue weighted by Gasteiger charge is 2.13. The normalized spacial score (nSPS) is 9.62. The van der Waals surface area contributed by atoms with Crippen LogP contribution in [0.1, 0.15) is 22.3 Å². The van der Waals surface area contributed by atoms with E-state index in [1.807, 2.05) is 13.0 Å². The van der Waals surface area contributed by atoms with Gasteiger partial charge in [0.15, 0.2) is 0 Å². The smallest absolute Gasteiger partial charge is 0.253 e. The van der Waals surface area contributed by atoms with Crippen molar-refractivity contribution < 1.29 is 4.79 Å². The summed E-state index contributed by atoms with van der Waals surface area (Å²) in [6, 6.07) is 7.18. The number of benzene rings is 1. The summed E-state index contributed by atoms with van der Waals surface area (Å²) in [5.41, 5.74) is 1.48. The molecular formula is C12H13ClN2O. The summed E-state index contributed by atoms with van der Waals surface area (Å²) in [6.07, 6.45) is 0.342. The molecule has 3 nitrogen and oxygen atoms in total. The molecule has 1 aromatic carbocycles. The number of nitriles is 1. The Balaban J connectivity index is 2.84. The molecule has 0 unspecified atom stereocenters. The van der Waals surface area contributed by atoms with E-state index in [-0.39, 0.29) is 5.91 Å². The van der Waals surface area contributed by atoms with Gasteiger partial charge in [0.25, 0.3) is 5.91 Å². The highest BCUT2D eigenvalue weighted by atomic mass is 35.5. The quantitative estimate of drug-likeness (QED) is 0.810. The number of carbonyl (C=O) groups excluding carboxylic acids is 1. The van der Waals surface area contributed by atoms with E-state index in [0.717, 1.165) is 5.56 Å². The zero-order chi connectivity index (χ0) is 12.1. The van der Waals surface area contributed by atoms with Crippen LogP contribution in [-0.4, -0.2) is 24.4 Å². The third-order valence-electron chi connectivity index (χ3n) is 2.32. The fourth-order valence-electron chi connectivity index (χ4n) is 1.39. The maximum Gasteiger partial charge on any atom is 0.253 e. The van der Waals surface area contributed by atoms with Gasteiger partial charge < -0.3 is 4.90 Å². The molecule has 0 spiro atoms. The molecule has 1 aromatic rings. The standard InChI is InChI=1S/C12H13ClN2O/c1-9-8-10(13)4-5-11(9)12(16)15(2)7-3-6-14/h4-5,8H,3,7H2,1-2H3. The van der Waals surface area contributed by atoms with Crippen molar-refractivity contribution >= 4 is 17.5 Å². The number of nitrogens with zero attached hydrogens (tertiary/aromatic N) is 2. The summed E-state index contributed by atoms with van der Waals surface area (Å²) in [4.78, 5) is 13.5. The third kappa shape index (κ3) is 2.98. The maximum absolute atomic E-state index is 12.0. The van der Waals surface area contributed by atoms with Gasteiger partial charge in [0.2, 0.25) is 0 Å². The molecule has 0 aliphatic rings. The van der Waals surface area contributed by atoms with E-state index in [1.54, 1.807) is 30.1 Å². The monoisotopic (exact) mass is 236 g/mol. The lowest BCUT2D eigenvalue weighted by molar-refractivity contribution is 0.0797. The van der Waals surface area contributed by atoms with Gasteiger partial charge in [-0.2, -0.15) is 5.26 Å². The van der Waals surface area contributed by atoms with Crippen molar-refractivity contribution in [2.45, 2.75) is 13.3 Å². The maximum atomic E-state index is 12.0. The van der Waals surface area contributed by atoms with Crippen LogP contribution in [0.5, 0.6) is 0 Å². The van der Waals surface area contributed by atoms with Crippen molar-refractivity contribution in [2.75, 3.05) is 13.6 Å². The van der Waals surface area contributed by atoms with Gasteiger partial charge >= 0.3 is 0 Å². The lowest BCUT2D eigenvalue weighted by Crippen LogP contribution is -2.28. The molecule has 0 aromatic heterocycles. The first-order valence-electron chi connectivity index (χ1n) is 4.95. The van der Waals surface area contributed by atoms with Crippen LogP contribution in [-0.2, 0) is 0 Å². The van der Waals surface area contributed by atoms with E-state index >= 15 is 0 Å². The predicted octanol–water partition coefficient (Wildman–Crippen LogP) is 2.63. The fourth-order valence-corrected chi connectivity index (χ4v) is 1.62. The average Bonchev–Trinajstić information content (AvgIpc) is 2.25. The second-order valence-electron chi connectivity index (χ2n) is 3.59. The second-order valence-corrected chi connectivity index (χ2v) is 4.03. The van der Waals surface area contributed by atoms with Gasteiger partial charge in [-0.25, -0.2) is 0 Å². The Morgan fingerprint density at radius 3 is 2.81 bits per heavy atom. The van der Waals surface area contributed by atoms with Crippen LogP contribution in [0.4, 0.5) is 0 Å². The summed E-state index contributed by atoms with van der Waals surface area (Å²) in [7, 11) is 1.69. The molecule has 0 aliphatic carbocycles. The van der Waals surface area contributed by atoms with Crippen molar-refractivity contribution in [3.63, 3.8) is 0 Å². The van der Waals surface area contributed by atoms with Crippen LogP contribution in [0, 0.1) is 18.3 Å². The van der Waals surface area contributed by atoms with Crippen LogP contribution in [0.15, 0.2) is 18.2 Å². The van der Waals surface area contributed by atoms with Gasteiger partial charge in [-0.05, 0) is 30.7 Å². The van der Waals surface area contributed by atoms with Gasteiger partial charge in [-0.3, -0.25) is 4.79 Å². The number of carbonyl (C=O) groups is 1. The van der Waals surface area contributed by atoms with E-state index in [9.17, 15) is 4.79 Å². The fraction of sp³-hybridized carbons (Fsp3) is 0.333. The van der Waals surface area contributed by atoms with Crippen LogP contribution >= 0.6 is 11.6 Å². The third-order valence-corrected chi connectivity index (χ3v) is 2.56. The molecule has 4 heteroatoms. The van der Waals surface area contributed by atoms with Crippen LogP contribution in [0.3, 0.4) is 0 Å². The average molecular weight is 237 g/mol. The van der Waals surface area contributed by atoms with Crippen molar-refractivity contribution in [1.82, 2.24) is 4.90 Å². The molecule has 1 amide bonds. The highest BCUT2D eigenvalue weighted by molar-refractivity contribution is 6.30. The molecule has 0 aliphatic heterocycles. The molecule has 0 radical (unpaired) electrons. The van der Waals surface area contributed by atoms with E-state index in [2.05, 4.69) is 0 Å². The summed E-state index contributed by atoms with van der Waals surface area (Å²) >= 11 is 5.82.